The zero-order chi connectivity index (χ0) is 31.5. The van der Waals surface area contributed by atoms with Gasteiger partial charge in [-0.2, -0.15) is 0 Å². The Kier molecular flexibility index (Phi) is 9.40. The number of hydrogen-bond acceptors (Lipinski definition) is 9. The third-order valence-corrected chi connectivity index (χ3v) is 10.3. The van der Waals surface area contributed by atoms with Gasteiger partial charge in [-0.15, -0.1) is 0 Å². The van der Waals surface area contributed by atoms with Crippen molar-refractivity contribution in [2.45, 2.75) is 57.9 Å². The van der Waals surface area contributed by atoms with Gasteiger partial charge in [-0.3, -0.25) is 0 Å². The number of nitrogens with zero attached hydrogens (tertiary/aromatic N) is 4. The van der Waals surface area contributed by atoms with Gasteiger partial charge in [-0.25, -0.2) is 28.2 Å². The summed E-state index contributed by atoms with van der Waals surface area (Å²) in [7, 11) is -3.30. The minimum absolute atomic E-state index is 0.0305. The molecule has 4 aromatic rings. The average molecular weight is 683 g/mol. The van der Waals surface area contributed by atoms with Crippen LogP contribution in [0.25, 0.3) is 22.0 Å². The molecular formula is C32H36BrN5O5S. The van der Waals surface area contributed by atoms with Crippen molar-refractivity contribution in [3.05, 3.63) is 72.1 Å². The summed E-state index contributed by atoms with van der Waals surface area (Å²) in [4.78, 5) is 28.1. The summed E-state index contributed by atoms with van der Waals surface area (Å²) < 4.78 is 36.7. The van der Waals surface area contributed by atoms with Gasteiger partial charge in [0.25, 0.3) is 0 Å². The Hall–Kier alpha value is -3.77. The predicted molar refractivity (Wildman–Crippen MR) is 175 cm³/mol. The number of carbonyl (C=O) groups excluding carboxylic acids is 1. The van der Waals surface area contributed by atoms with E-state index >= 15 is 0 Å². The molecule has 2 aromatic heterocycles. The van der Waals surface area contributed by atoms with E-state index in [-0.39, 0.29) is 22.6 Å². The Bertz CT molecular complexity index is 1780. The summed E-state index contributed by atoms with van der Waals surface area (Å²) in [5.41, 5.74) is 2.32. The molecule has 44 heavy (non-hydrogen) atoms. The van der Waals surface area contributed by atoms with Gasteiger partial charge >= 0.3 is 6.09 Å². The number of ether oxygens (including phenoxy) is 2. The van der Waals surface area contributed by atoms with Crippen LogP contribution in [0.5, 0.6) is 11.6 Å². The van der Waals surface area contributed by atoms with Crippen LogP contribution in [-0.2, 0) is 20.3 Å². The Labute approximate surface area is 266 Å². The number of halogens is 1. The van der Waals surface area contributed by atoms with Crippen molar-refractivity contribution in [2.24, 2.45) is 0 Å². The molecular weight excluding hydrogens is 646 g/mol. The zero-order valence-corrected chi connectivity index (χ0v) is 27.6. The standard InChI is InChI=1S/C32H36BrN5O5S/c1-21-12-13-24-22(19-44(40,41)20-33)8-5-10-25(24)28(21)42-29-26(11-6-15-34-29)27-14-16-35-30(37-27)36-23-9-7-17-38(18-23)31(39)43-32(2,3)4/h5-6,8,10-16,23H,7,9,17-20H2,1-4H3,(H,35,36,37)/t23-/m0/s1. The lowest BCUT2D eigenvalue weighted by Gasteiger charge is -2.34. The van der Waals surface area contributed by atoms with E-state index in [1.54, 1.807) is 23.4 Å². The van der Waals surface area contributed by atoms with Gasteiger partial charge in [0.2, 0.25) is 11.8 Å². The second-order valence-corrected chi connectivity index (χ2v) is 15.2. The Balaban J connectivity index is 1.40. The van der Waals surface area contributed by atoms with E-state index < -0.39 is 15.4 Å². The van der Waals surface area contributed by atoms with Gasteiger partial charge in [0, 0.05) is 36.9 Å². The maximum Gasteiger partial charge on any atom is 0.410 e. The number of alkyl halides is 1. The Morgan fingerprint density at radius 1 is 1.07 bits per heavy atom. The lowest BCUT2D eigenvalue weighted by molar-refractivity contribution is 0.0206. The summed E-state index contributed by atoms with van der Waals surface area (Å²) in [5, 5.41) is 4.98. The van der Waals surface area contributed by atoms with Crippen LogP contribution in [-0.4, -0.2) is 63.8 Å². The van der Waals surface area contributed by atoms with Gasteiger partial charge in [0.15, 0.2) is 9.84 Å². The topological polar surface area (TPSA) is 124 Å². The van der Waals surface area contributed by atoms with E-state index in [9.17, 15) is 13.2 Å². The van der Waals surface area contributed by atoms with E-state index in [0.717, 1.165) is 29.2 Å². The first-order valence-electron chi connectivity index (χ1n) is 14.4. The number of aryl methyl sites for hydroxylation is 1. The van der Waals surface area contributed by atoms with E-state index in [1.165, 1.54) is 0 Å². The third kappa shape index (κ3) is 7.65. The number of likely N-dealkylation sites (tertiary alicyclic amines) is 1. The first kappa shape index (κ1) is 31.6. The van der Waals surface area contributed by atoms with Crippen molar-refractivity contribution in [3.63, 3.8) is 0 Å². The second kappa shape index (κ2) is 13.1. The zero-order valence-electron chi connectivity index (χ0n) is 25.2. The fraction of sp³-hybridized carbons (Fsp3) is 0.375. The number of pyridine rings is 1. The maximum atomic E-state index is 12.6. The number of fused-ring (bicyclic) bond motifs is 1. The van der Waals surface area contributed by atoms with Gasteiger partial charge in [-0.1, -0.05) is 46.3 Å². The summed E-state index contributed by atoms with van der Waals surface area (Å²) in [6.45, 7) is 8.65. The molecule has 232 valence electrons. The molecule has 2 aromatic carbocycles. The maximum absolute atomic E-state index is 12.6. The molecule has 0 spiro atoms. The molecule has 1 aliphatic rings. The third-order valence-electron chi connectivity index (χ3n) is 7.15. The number of aromatic nitrogens is 3. The van der Waals surface area contributed by atoms with Crippen LogP contribution in [0, 0.1) is 6.92 Å². The van der Waals surface area contributed by atoms with E-state index in [1.807, 2.05) is 70.2 Å². The molecule has 1 amide bonds. The number of anilines is 1. The van der Waals surface area contributed by atoms with Crippen molar-refractivity contribution < 1.29 is 22.7 Å². The molecule has 0 radical (unpaired) electrons. The Morgan fingerprint density at radius 3 is 2.66 bits per heavy atom. The Morgan fingerprint density at radius 2 is 1.89 bits per heavy atom. The fourth-order valence-electron chi connectivity index (χ4n) is 5.15. The van der Waals surface area contributed by atoms with E-state index in [0.29, 0.717) is 47.5 Å². The number of piperidine rings is 1. The number of sulfone groups is 1. The van der Waals surface area contributed by atoms with Gasteiger partial charge in [0.05, 0.1) is 17.0 Å². The highest BCUT2D eigenvalue weighted by Gasteiger charge is 2.28. The number of amides is 1. The van der Waals surface area contributed by atoms with Crippen LogP contribution in [0.4, 0.5) is 10.7 Å². The quantitative estimate of drug-likeness (QED) is 0.198. The van der Waals surface area contributed by atoms with Crippen LogP contribution in [0.3, 0.4) is 0 Å². The van der Waals surface area contributed by atoms with Crippen LogP contribution >= 0.6 is 15.9 Å². The summed E-state index contributed by atoms with van der Waals surface area (Å²) >= 11 is 3.09. The monoisotopic (exact) mass is 681 g/mol. The number of rotatable bonds is 8. The first-order chi connectivity index (χ1) is 20.9. The van der Waals surface area contributed by atoms with Crippen LogP contribution in [0.2, 0.25) is 0 Å². The van der Waals surface area contributed by atoms with Crippen molar-refractivity contribution in [3.8, 4) is 22.9 Å². The van der Waals surface area contributed by atoms with Crippen LogP contribution in [0.15, 0.2) is 60.9 Å². The molecule has 12 heteroatoms. The highest BCUT2D eigenvalue weighted by atomic mass is 79.9. The minimum Gasteiger partial charge on any atom is -0.444 e. The number of benzene rings is 2. The number of hydrogen-bond donors (Lipinski definition) is 1. The van der Waals surface area contributed by atoms with Gasteiger partial charge < -0.3 is 19.7 Å². The largest absolute Gasteiger partial charge is 0.444 e. The van der Waals surface area contributed by atoms with Crippen molar-refractivity contribution in [1.82, 2.24) is 19.9 Å². The van der Waals surface area contributed by atoms with Crippen LogP contribution in [0.1, 0.15) is 44.7 Å². The molecule has 1 fully saturated rings. The second-order valence-electron chi connectivity index (χ2n) is 11.9. The summed E-state index contributed by atoms with van der Waals surface area (Å²) in [6, 6.07) is 14.9. The molecule has 0 bridgehead atoms. The molecule has 0 saturated carbocycles. The smallest absolute Gasteiger partial charge is 0.410 e. The molecule has 3 heterocycles. The van der Waals surface area contributed by atoms with Crippen molar-refractivity contribution in [1.29, 1.82) is 0 Å². The van der Waals surface area contributed by atoms with Crippen LogP contribution < -0.4 is 10.1 Å². The fourth-order valence-corrected chi connectivity index (χ4v) is 6.44. The highest BCUT2D eigenvalue weighted by molar-refractivity contribution is 9.10. The summed E-state index contributed by atoms with van der Waals surface area (Å²) in [6.07, 6.45) is 4.71. The molecule has 1 saturated heterocycles. The summed E-state index contributed by atoms with van der Waals surface area (Å²) in [5.74, 6) is 1.31. The van der Waals surface area contributed by atoms with E-state index in [4.69, 9.17) is 14.5 Å². The SMILES string of the molecule is Cc1ccc2c(CS(=O)(=O)CBr)cccc2c1Oc1ncccc1-c1ccnc(N[C@H]2CCCN(C(=O)OC(C)(C)C)C2)n1. The predicted octanol–water partition coefficient (Wildman–Crippen LogP) is 6.87. The first-order valence-corrected chi connectivity index (χ1v) is 17.3. The highest BCUT2D eigenvalue weighted by Crippen LogP contribution is 2.38. The van der Waals surface area contributed by atoms with Crippen molar-refractivity contribution in [2.75, 3.05) is 23.1 Å². The van der Waals surface area contributed by atoms with Gasteiger partial charge in [0.1, 0.15) is 16.0 Å². The molecule has 1 N–H and O–H groups in total. The molecule has 10 nitrogen and oxygen atoms in total. The lowest BCUT2D eigenvalue weighted by atomic mass is 10.0. The number of nitrogens with one attached hydrogen (secondary N) is 1. The molecule has 0 aliphatic carbocycles. The molecule has 1 atom stereocenters. The van der Waals surface area contributed by atoms with Gasteiger partial charge in [-0.05, 0) is 75.2 Å². The average Bonchev–Trinajstić information content (AvgIpc) is 2.98. The van der Waals surface area contributed by atoms with E-state index in [2.05, 4.69) is 31.2 Å². The minimum atomic E-state index is -3.30. The van der Waals surface area contributed by atoms with Crippen molar-refractivity contribution >= 4 is 48.6 Å². The molecule has 5 rings (SSSR count). The molecule has 0 unspecified atom stereocenters. The lowest BCUT2D eigenvalue weighted by Crippen LogP contribution is -2.47. The molecule has 1 aliphatic heterocycles. The normalized spacial score (nSPS) is 15.7. The number of carbonyl (C=O) groups is 1.